The first-order valence-electron chi connectivity index (χ1n) is 10.1. The summed E-state index contributed by atoms with van der Waals surface area (Å²) in [7, 11) is 1.82. The Bertz CT molecular complexity index is 838. The van der Waals surface area contributed by atoms with E-state index in [-0.39, 0.29) is 29.9 Å². The molecule has 0 bridgehead atoms. The molecule has 1 N–H and O–H groups in total. The number of guanidine groups is 1. The molecule has 156 valence electrons. The SMILES string of the molecule is CN=C(NCCC(=O)N1CCc2sccc2C1)N1CCC(c2ccccc2)C1.I. The van der Waals surface area contributed by atoms with Crippen molar-refractivity contribution in [3.05, 3.63) is 57.8 Å². The van der Waals surface area contributed by atoms with E-state index in [2.05, 4.69) is 57.0 Å². The number of fused-ring (bicyclic) bond motifs is 1. The van der Waals surface area contributed by atoms with Gasteiger partial charge in [0.1, 0.15) is 0 Å². The molecule has 29 heavy (non-hydrogen) atoms. The normalized spacial score (nSPS) is 18.9. The van der Waals surface area contributed by atoms with Crippen LogP contribution in [0.25, 0.3) is 0 Å². The third-order valence-electron chi connectivity index (χ3n) is 5.75. The third-order valence-corrected chi connectivity index (χ3v) is 6.78. The van der Waals surface area contributed by atoms with Crippen LogP contribution in [-0.2, 0) is 17.8 Å². The number of aliphatic imine (C=N–C) groups is 1. The van der Waals surface area contributed by atoms with Crippen LogP contribution in [0.4, 0.5) is 0 Å². The van der Waals surface area contributed by atoms with Crippen molar-refractivity contribution in [1.82, 2.24) is 15.1 Å². The number of thiophene rings is 1. The molecule has 0 saturated carbocycles. The van der Waals surface area contributed by atoms with Crippen molar-refractivity contribution in [2.75, 3.05) is 33.2 Å². The van der Waals surface area contributed by atoms with Crippen LogP contribution in [0.5, 0.6) is 0 Å². The largest absolute Gasteiger partial charge is 0.356 e. The summed E-state index contributed by atoms with van der Waals surface area (Å²) < 4.78 is 0. The molecule has 5 nitrogen and oxygen atoms in total. The van der Waals surface area contributed by atoms with E-state index in [0.29, 0.717) is 18.9 Å². The second-order valence-corrected chi connectivity index (χ2v) is 8.50. The maximum absolute atomic E-state index is 12.6. The van der Waals surface area contributed by atoms with E-state index in [1.54, 1.807) is 11.3 Å². The van der Waals surface area contributed by atoms with Crippen LogP contribution in [0.1, 0.15) is 34.8 Å². The lowest BCUT2D eigenvalue weighted by Crippen LogP contribution is -2.42. The highest BCUT2D eigenvalue weighted by atomic mass is 127. The van der Waals surface area contributed by atoms with Gasteiger partial charge in [0.2, 0.25) is 5.91 Å². The Morgan fingerprint density at radius 2 is 2.03 bits per heavy atom. The fourth-order valence-electron chi connectivity index (χ4n) is 4.18. The van der Waals surface area contributed by atoms with Gasteiger partial charge < -0.3 is 15.1 Å². The van der Waals surface area contributed by atoms with E-state index < -0.39 is 0 Å². The Kier molecular flexibility index (Phi) is 7.94. The Labute approximate surface area is 194 Å². The number of amides is 1. The lowest BCUT2D eigenvalue weighted by Gasteiger charge is -2.27. The van der Waals surface area contributed by atoms with Gasteiger partial charge in [0.25, 0.3) is 0 Å². The third kappa shape index (κ3) is 5.31. The molecule has 0 radical (unpaired) electrons. The first kappa shape index (κ1) is 22.1. The van der Waals surface area contributed by atoms with Crippen LogP contribution in [-0.4, -0.2) is 54.9 Å². The highest BCUT2D eigenvalue weighted by Gasteiger charge is 2.26. The molecule has 2 aromatic rings. The van der Waals surface area contributed by atoms with Crippen LogP contribution in [0.2, 0.25) is 0 Å². The molecule has 4 rings (SSSR count). The maximum Gasteiger partial charge on any atom is 0.224 e. The summed E-state index contributed by atoms with van der Waals surface area (Å²) in [5, 5.41) is 5.53. The van der Waals surface area contributed by atoms with Crippen LogP contribution < -0.4 is 5.32 Å². The highest BCUT2D eigenvalue weighted by molar-refractivity contribution is 14.0. The van der Waals surface area contributed by atoms with Crippen molar-refractivity contribution in [2.24, 2.45) is 4.99 Å². The second kappa shape index (κ2) is 10.4. The molecule has 7 heteroatoms. The molecule has 1 amide bonds. The summed E-state index contributed by atoms with van der Waals surface area (Å²) in [6, 6.07) is 12.8. The van der Waals surface area contributed by atoms with Gasteiger partial charge in [-0.15, -0.1) is 35.3 Å². The predicted molar refractivity (Wildman–Crippen MR) is 130 cm³/mol. The monoisotopic (exact) mass is 524 g/mol. The molecule has 0 spiro atoms. The Hall–Kier alpha value is -1.61. The van der Waals surface area contributed by atoms with Crippen LogP contribution in [0, 0.1) is 0 Å². The standard InChI is InChI=1S/C22H28N4OS.HI/c1-23-22(26-12-8-18(15-26)17-5-3-2-4-6-17)24-11-7-21(27)25-13-9-20-19(16-25)10-14-28-20;/h2-6,10,14,18H,7-9,11-13,15-16H2,1H3,(H,23,24);1H. The summed E-state index contributed by atoms with van der Waals surface area (Å²) in [5.74, 6) is 1.68. The van der Waals surface area contributed by atoms with Crippen molar-refractivity contribution in [3.8, 4) is 0 Å². The van der Waals surface area contributed by atoms with Crippen LogP contribution in [0.3, 0.4) is 0 Å². The van der Waals surface area contributed by atoms with Crippen molar-refractivity contribution in [2.45, 2.75) is 31.7 Å². The number of likely N-dealkylation sites (tertiary alicyclic amines) is 1. The summed E-state index contributed by atoms with van der Waals surface area (Å²) in [6.45, 7) is 4.21. The van der Waals surface area contributed by atoms with Crippen LogP contribution in [0.15, 0.2) is 46.8 Å². The zero-order chi connectivity index (χ0) is 19.3. The van der Waals surface area contributed by atoms with Gasteiger partial charge >= 0.3 is 0 Å². The summed E-state index contributed by atoms with van der Waals surface area (Å²) in [5.41, 5.74) is 2.71. The van der Waals surface area contributed by atoms with Crippen molar-refractivity contribution in [1.29, 1.82) is 0 Å². The summed E-state index contributed by atoms with van der Waals surface area (Å²) in [6.07, 6.45) is 2.64. The van der Waals surface area contributed by atoms with Gasteiger partial charge in [-0.2, -0.15) is 0 Å². The molecule has 1 unspecified atom stereocenters. The van der Waals surface area contributed by atoms with E-state index in [0.717, 1.165) is 45.0 Å². The molecule has 2 aliphatic heterocycles. The van der Waals surface area contributed by atoms with E-state index in [4.69, 9.17) is 0 Å². The smallest absolute Gasteiger partial charge is 0.224 e. The number of carbonyl (C=O) groups is 1. The number of carbonyl (C=O) groups excluding carboxylic acids is 1. The predicted octanol–water partition coefficient (Wildman–Crippen LogP) is 3.71. The number of nitrogens with zero attached hydrogens (tertiary/aromatic N) is 3. The lowest BCUT2D eigenvalue weighted by atomic mass is 9.99. The average Bonchev–Trinajstić information content (AvgIpc) is 3.40. The molecule has 1 fully saturated rings. The Morgan fingerprint density at radius 1 is 1.21 bits per heavy atom. The number of hydrogen-bond donors (Lipinski definition) is 1. The van der Waals surface area contributed by atoms with E-state index in [1.807, 2.05) is 11.9 Å². The first-order chi connectivity index (χ1) is 13.7. The van der Waals surface area contributed by atoms with E-state index in [1.165, 1.54) is 16.0 Å². The molecule has 1 aromatic heterocycles. The number of benzene rings is 1. The van der Waals surface area contributed by atoms with Gasteiger partial charge in [-0.05, 0) is 35.4 Å². The van der Waals surface area contributed by atoms with E-state index >= 15 is 0 Å². The van der Waals surface area contributed by atoms with Gasteiger partial charge in [0.15, 0.2) is 5.96 Å². The number of nitrogens with one attached hydrogen (secondary N) is 1. The molecule has 2 aliphatic rings. The highest BCUT2D eigenvalue weighted by Crippen LogP contribution is 2.27. The zero-order valence-electron chi connectivity index (χ0n) is 16.8. The first-order valence-corrected chi connectivity index (χ1v) is 11.0. The quantitative estimate of drug-likeness (QED) is 0.377. The maximum atomic E-state index is 12.6. The van der Waals surface area contributed by atoms with Gasteiger partial charge in [-0.3, -0.25) is 9.79 Å². The summed E-state index contributed by atoms with van der Waals surface area (Å²) >= 11 is 1.80. The molecule has 3 heterocycles. The lowest BCUT2D eigenvalue weighted by molar-refractivity contribution is -0.131. The molecular formula is C22H29IN4OS. The number of halogens is 1. The fraction of sp³-hybridized carbons (Fsp3) is 0.455. The Morgan fingerprint density at radius 3 is 2.83 bits per heavy atom. The molecule has 0 aliphatic carbocycles. The van der Waals surface area contributed by atoms with Crippen molar-refractivity contribution in [3.63, 3.8) is 0 Å². The van der Waals surface area contributed by atoms with Gasteiger partial charge in [-0.25, -0.2) is 0 Å². The minimum absolute atomic E-state index is 0. The number of rotatable bonds is 4. The van der Waals surface area contributed by atoms with E-state index in [9.17, 15) is 4.79 Å². The minimum atomic E-state index is 0. The Balaban J connectivity index is 0.00000240. The summed E-state index contributed by atoms with van der Waals surface area (Å²) in [4.78, 5) is 22.8. The molecule has 1 atom stereocenters. The molecule has 1 aromatic carbocycles. The van der Waals surface area contributed by atoms with Gasteiger partial charge in [-0.1, -0.05) is 30.3 Å². The second-order valence-electron chi connectivity index (χ2n) is 7.50. The minimum Gasteiger partial charge on any atom is -0.356 e. The van der Waals surface area contributed by atoms with Crippen LogP contribution >= 0.6 is 35.3 Å². The van der Waals surface area contributed by atoms with Gasteiger partial charge in [0.05, 0.1) is 0 Å². The van der Waals surface area contributed by atoms with Crippen molar-refractivity contribution >= 4 is 47.2 Å². The zero-order valence-corrected chi connectivity index (χ0v) is 20.0. The average molecular weight is 524 g/mol. The topological polar surface area (TPSA) is 47.9 Å². The number of hydrogen-bond acceptors (Lipinski definition) is 3. The van der Waals surface area contributed by atoms with Crippen molar-refractivity contribution < 1.29 is 4.79 Å². The van der Waals surface area contributed by atoms with Gasteiger partial charge in [0, 0.05) is 57.0 Å². The fourth-order valence-corrected chi connectivity index (χ4v) is 5.07. The molecular weight excluding hydrogens is 495 g/mol. The molecule has 1 saturated heterocycles.